The Hall–Kier alpha value is -1.90. The van der Waals surface area contributed by atoms with E-state index in [0.717, 1.165) is 11.8 Å². The molecule has 0 heterocycles. The van der Waals surface area contributed by atoms with E-state index >= 15 is 0 Å². The molecule has 2 unspecified atom stereocenters. The minimum atomic E-state index is -1.05. The van der Waals surface area contributed by atoms with Gasteiger partial charge in [-0.2, -0.15) is 0 Å². The molecule has 2 amide bonds. The SMILES string of the molecule is CCC(=O)NC(C(=O)N(CC)CC)C(C)SC(=O)CC(=O)C(=O)OC(C)C. The summed E-state index contributed by atoms with van der Waals surface area (Å²) in [6, 6.07) is -0.899. The van der Waals surface area contributed by atoms with Crippen molar-refractivity contribution in [3.63, 3.8) is 0 Å². The molecule has 2 atom stereocenters. The van der Waals surface area contributed by atoms with Gasteiger partial charge in [-0.1, -0.05) is 25.6 Å². The minimum absolute atomic E-state index is 0.201. The maximum Gasteiger partial charge on any atom is 0.375 e. The normalized spacial score (nSPS) is 12.9. The molecule has 0 aliphatic rings. The summed E-state index contributed by atoms with van der Waals surface area (Å²) in [5.74, 6) is -2.59. The van der Waals surface area contributed by atoms with Crippen LogP contribution in [0.15, 0.2) is 0 Å². The number of nitrogens with zero attached hydrogens (tertiary/aromatic N) is 1. The van der Waals surface area contributed by atoms with E-state index < -0.39 is 40.7 Å². The monoisotopic (exact) mass is 402 g/mol. The third-order valence-corrected chi connectivity index (χ3v) is 4.69. The van der Waals surface area contributed by atoms with E-state index in [4.69, 9.17) is 4.74 Å². The van der Waals surface area contributed by atoms with E-state index in [2.05, 4.69) is 5.32 Å². The van der Waals surface area contributed by atoms with Crippen molar-refractivity contribution in [2.24, 2.45) is 0 Å². The topological polar surface area (TPSA) is 110 Å². The molecule has 0 aliphatic heterocycles. The first-order chi connectivity index (χ1) is 12.6. The van der Waals surface area contributed by atoms with Crippen LogP contribution in [0.5, 0.6) is 0 Å². The highest BCUT2D eigenvalue weighted by Gasteiger charge is 2.32. The maximum absolute atomic E-state index is 12.7. The highest BCUT2D eigenvalue weighted by molar-refractivity contribution is 8.14. The van der Waals surface area contributed by atoms with Crippen molar-refractivity contribution in [1.29, 1.82) is 0 Å². The first kappa shape index (κ1) is 25.1. The molecule has 8 nitrogen and oxygen atoms in total. The van der Waals surface area contributed by atoms with Crippen LogP contribution in [0.4, 0.5) is 0 Å². The molecule has 0 radical (unpaired) electrons. The summed E-state index contributed by atoms with van der Waals surface area (Å²) in [4.78, 5) is 61.4. The van der Waals surface area contributed by atoms with Crippen LogP contribution in [0.1, 0.15) is 54.4 Å². The summed E-state index contributed by atoms with van der Waals surface area (Å²) < 4.78 is 4.76. The van der Waals surface area contributed by atoms with Gasteiger partial charge in [0.25, 0.3) is 0 Å². The highest BCUT2D eigenvalue weighted by Crippen LogP contribution is 2.19. The van der Waals surface area contributed by atoms with Crippen LogP contribution in [0.25, 0.3) is 0 Å². The molecule has 0 saturated carbocycles. The largest absolute Gasteiger partial charge is 0.457 e. The van der Waals surface area contributed by atoms with Crippen molar-refractivity contribution < 1.29 is 28.7 Å². The van der Waals surface area contributed by atoms with Gasteiger partial charge < -0.3 is 15.0 Å². The second kappa shape index (κ2) is 12.5. The van der Waals surface area contributed by atoms with Gasteiger partial charge in [0.1, 0.15) is 6.04 Å². The van der Waals surface area contributed by atoms with Crippen LogP contribution in [0.2, 0.25) is 0 Å². The average Bonchev–Trinajstić information content (AvgIpc) is 2.59. The molecular formula is C18H30N2O6S. The lowest BCUT2D eigenvalue weighted by Gasteiger charge is -2.29. The Morgan fingerprint density at radius 3 is 2.00 bits per heavy atom. The number of carbonyl (C=O) groups is 5. The van der Waals surface area contributed by atoms with Crippen LogP contribution < -0.4 is 5.32 Å². The fourth-order valence-corrected chi connectivity index (χ4v) is 3.14. The summed E-state index contributed by atoms with van der Waals surface area (Å²) in [6.45, 7) is 11.1. The molecular weight excluding hydrogens is 372 g/mol. The average molecular weight is 403 g/mol. The number of rotatable bonds is 11. The molecule has 0 fully saturated rings. The zero-order valence-electron chi connectivity index (χ0n) is 16.9. The summed E-state index contributed by atoms with van der Waals surface area (Å²) in [6.07, 6.45) is -0.870. The van der Waals surface area contributed by atoms with E-state index in [0.29, 0.717) is 13.1 Å². The predicted octanol–water partition coefficient (Wildman–Crippen LogP) is 1.31. The summed E-state index contributed by atoms with van der Waals surface area (Å²) in [7, 11) is 0. The van der Waals surface area contributed by atoms with Gasteiger partial charge in [0.2, 0.25) is 17.6 Å². The lowest BCUT2D eigenvalue weighted by molar-refractivity contribution is -0.157. The van der Waals surface area contributed by atoms with Gasteiger partial charge in [-0.25, -0.2) is 4.79 Å². The van der Waals surface area contributed by atoms with Crippen molar-refractivity contribution in [2.45, 2.75) is 71.8 Å². The molecule has 0 aromatic carbocycles. The fourth-order valence-electron chi connectivity index (χ4n) is 2.19. The third kappa shape index (κ3) is 9.03. The lowest BCUT2D eigenvalue weighted by atomic mass is 10.1. The van der Waals surface area contributed by atoms with Gasteiger partial charge in [0, 0.05) is 24.8 Å². The second-order valence-electron chi connectivity index (χ2n) is 6.16. The predicted molar refractivity (Wildman–Crippen MR) is 103 cm³/mol. The number of likely N-dealkylation sites (N-methyl/N-ethyl adjacent to an activating group) is 1. The molecule has 9 heteroatoms. The van der Waals surface area contributed by atoms with Crippen LogP contribution in [-0.2, 0) is 28.7 Å². The zero-order chi connectivity index (χ0) is 21.1. The van der Waals surface area contributed by atoms with Crippen molar-refractivity contribution >= 4 is 40.4 Å². The van der Waals surface area contributed by atoms with Gasteiger partial charge in [-0.05, 0) is 27.7 Å². The lowest BCUT2D eigenvalue weighted by Crippen LogP contribution is -2.53. The Kier molecular flexibility index (Phi) is 11.6. The van der Waals surface area contributed by atoms with Crippen LogP contribution in [-0.4, -0.2) is 64.1 Å². The van der Waals surface area contributed by atoms with Gasteiger partial charge in [0.05, 0.1) is 12.5 Å². The molecule has 0 rings (SSSR count). The van der Waals surface area contributed by atoms with Crippen molar-refractivity contribution in [1.82, 2.24) is 10.2 Å². The second-order valence-corrected chi connectivity index (χ2v) is 7.59. The molecule has 0 saturated heterocycles. The minimum Gasteiger partial charge on any atom is -0.457 e. The van der Waals surface area contributed by atoms with E-state index in [1.54, 1.807) is 32.6 Å². The van der Waals surface area contributed by atoms with Crippen molar-refractivity contribution in [3.8, 4) is 0 Å². The molecule has 1 N–H and O–H groups in total. The Labute approximate surface area is 164 Å². The van der Waals surface area contributed by atoms with Gasteiger partial charge >= 0.3 is 5.97 Å². The Bertz CT molecular complexity index is 560. The summed E-state index contributed by atoms with van der Waals surface area (Å²) in [5.41, 5.74) is 0. The summed E-state index contributed by atoms with van der Waals surface area (Å²) in [5, 5.41) is 1.48. The Morgan fingerprint density at radius 1 is 1.00 bits per heavy atom. The quantitative estimate of drug-likeness (QED) is 0.315. The van der Waals surface area contributed by atoms with Crippen LogP contribution in [0, 0.1) is 0 Å². The number of amides is 2. The molecule has 27 heavy (non-hydrogen) atoms. The maximum atomic E-state index is 12.7. The number of nitrogens with one attached hydrogen (secondary N) is 1. The molecule has 0 bridgehead atoms. The standard InChI is InChI=1S/C18H30N2O6S/c1-7-14(22)19-16(17(24)20(8-2)9-3)12(6)27-15(23)10-13(21)18(25)26-11(4)5/h11-12,16H,7-10H2,1-6H3,(H,19,22). The molecule has 0 spiro atoms. The van der Waals surface area contributed by atoms with Gasteiger partial charge in [0.15, 0.2) is 5.12 Å². The van der Waals surface area contributed by atoms with E-state index in [9.17, 15) is 24.0 Å². The van der Waals surface area contributed by atoms with E-state index in [1.807, 2.05) is 13.8 Å². The number of hydrogen-bond donors (Lipinski definition) is 1. The number of Topliss-reactive ketones (excluding diaryl/α,β-unsaturated/α-hetero) is 1. The highest BCUT2D eigenvalue weighted by atomic mass is 32.2. The number of esters is 1. The zero-order valence-corrected chi connectivity index (χ0v) is 17.7. The number of hydrogen-bond acceptors (Lipinski definition) is 7. The molecule has 0 aromatic heterocycles. The van der Waals surface area contributed by atoms with Crippen LogP contribution in [0.3, 0.4) is 0 Å². The molecule has 154 valence electrons. The third-order valence-electron chi connectivity index (χ3n) is 3.64. The van der Waals surface area contributed by atoms with E-state index in [1.165, 1.54) is 0 Å². The van der Waals surface area contributed by atoms with Crippen molar-refractivity contribution in [3.05, 3.63) is 0 Å². The molecule has 0 aliphatic carbocycles. The number of carbonyl (C=O) groups excluding carboxylic acids is 5. The number of ketones is 1. The first-order valence-electron chi connectivity index (χ1n) is 9.08. The Balaban J connectivity index is 5.06. The van der Waals surface area contributed by atoms with Crippen LogP contribution >= 0.6 is 11.8 Å². The van der Waals surface area contributed by atoms with Crippen molar-refractivity contribution in [2.75, 3.05) is 13.1 Å². The molecule has 0 aromatic rings. The van der Waals surface area contributed by atoms with E-state index in [-0.39, 0.29) is 18.2 Å². The van der Waals surface area contributed by atoms with Gasteiger partial charge in [-0.15, -0.1) is 0 Å². The Morgan fingerprint density at radius 2 is 1.56 bits per heavy atom. The first-order valence-corrected chi connectivity index (χ1v) is 9.96. The summed E-state index contributed by atoms with van der Waals surface area (Å²) >= 11 is 0.762. The van der Waals surface area contributed by atoms with Gasteiger partial charge in [-0.3, -0.25) is 19.2 Å². The number of thioether (sulfide) groups is 1. The fraction of sp³-hybridized carbons (Fsp3) is 0.722. The number of ether oxygens (including phenoxy) is 1. The smallest absolute Gasteiger partial charge is 0.375 e.